The van der Waals surface area contributed by atoms with Crippen molar-refractivity contribution in [2.24, 2.45) is 0 Å². The van der Waals surface area contributed by atoms with Crippen LogP contribution in [0.2, 0.25) is 0 Å². The Balaban J connectivity index is 1.60. The quantitative estimate of drug-likeness (QED) is 0.734. The Labute approximate surface area is 144 Å². The maximum atomic E-state index is 12.5. The number of pyridine rings is 1. The summed E-state index contributed by atoms with van der Waals surface area (Å²) in [5, 5.41) is 3.74. The van der Waals surface area contributed by atoms with E-state index in [1.165, 1.54) is 18.5 Å². The Morgan fingerprint density at radius 2 is 2.36 bits per heavy atom. The molecule has 0 bridgehead atoms. The van der Waals surface area contributed by atoms with Gasteiger partial charge >= 0.3 is 0 Å². The number of fused-ring (bicyclic) bond motifs is 1. The molecule has 1 saturated heterocycles. The van der Waals surface area contributed by atoms with Crippen LogP contribution < -0.4 is 9.46 Å². The number of aryl methyl sites for hydroxylation is 1. The summed E-state index contributed by atoms with van der Waals surface area (Å²) in [6.45, 7) is 2.48. The molecule has 9 nitrogen and oxygen atoms in total. The van der Waals surface area contributed by atoms with Gasteiger partial charge in [0, 0.05) is 31.3 Å². The van der Waals surface area contributed by atoms with E-state index in [1.54, 1.807) is 17.9 Å². The van der Waals surface area contributed by atoms with Gasteiger partial charge in [-0.25, -0.2) is 0 Å². The third-order valence-electron chi connectivity index (χ3n) is 4.40. The molecule has 2 aliphatic heterocycles. The number of nitrogens with one attached hydrogen (secondary N) is 1. The van der Waals surface area contributed by atoms with E-state index < -0.39 is 16.0 Å². The predicted molar refractivity (Wildman–Crippen MR) is 84.5 cm³/mol. The van der Waals surface area contributed by atoms with Crippen LogP contribution in [-0.2, 0) is 14.6 Å². The Bertz CT molecular complexity index is 884. The Morgan fingerprint density at radius 3 is 3.12 bits per heavy atom. The van der Waals surface area contributed by atoms with Crippen LogP contribution in [0.3, 0.4) is 0 Å². The molecule has 2 unspecified atom stereocenters. The first-order valence-electron chi connectivity index (χ1n) is 7.74. The van der Waals surface area contributed by atoms with E-state index in [-0.39, 0.29) is 35.3 Å². The number of carbonyl (C=O) groups is 1. The highest BCUT2D eigenvalue weighted by Crippen LogP contribution is 2.36. The van der Waals surface area contributed by atoms with Crippen molar-refractivity contribution >= 4 is 16.3 Å². The first-order valence-corrected chi connectivity index (χ1v) is 9.22. The average Bonchev–Trinajstić information content (AvgIpc) is 3.17. The predicted octanol–water partition coefficient (Wildman–Crippen LogP) is 0.549. The number of hydrogen-bond acceptors (Lipinski definition) is 7. The molecule has 10 heteroatoms. The molecule has 4 heterocycles. The molecule has 2 atom stereocenters. The van der Waals surface area contributed by atoms with E-state index in [9.17, 15) is 13.6 Å². The molecule has 0 aliphatic carbocycles. The number of hydrogen-bond donors (Lipinski definition) is 1. The number of sulfonamides is 1. The van der Waals surface area contributed by atoms with E-state index in [2.05, 4.69) is 14.9 Å². The van der Waals surface area contributed by atoms with Crippen LogP contribution in [0, 0.1) is 6.92 Å². The van der Waals surface area contributed by atoms with Gasteiger partial charge in [-0.2, -0.15) is 0 Å². The molecular formula is C15H16N4O5S. The van der Waals surface area contributed by atoms with E-state index >= 15 is 0 Å². The van der Waals surface area contributed by atoms with Gasteiger partial charge in [0.15, 0.2) is 21.8 Å². The number of carbonyl (C=O) groups excluding carboxylic acids is 1. The monoisotopic (exact) mass is 364 g/mol. The number of amides is 1. The molecule has 2 aromatic rings. The van der Waals surface area contributed by atoms with Crippen molar-refractivity contribution in [2.75, 3.05) is 19.6 Å². The minimum atomic E-state index is -3.70. The zero-order valence-corrected chi connectivity index (χ0v) is 14.2. The van der Waals surface area contributed by atoms with Crippen molar-refractivity contribution in [3.8, 4) is 5.75 Å². The molecule has 25 heavy (non-hydrogen) atoms. The van der Waals surface area contributed by atoms with Crippen molar-refractivity contribution in [3.63, 3.8) is 0 Å². The summed E-state index contributed by atoms with van der Waals surface area (Å²) in [5.41, 5.74) is -0.595. The summed E-state index contributed by atoms with van der Waals surface area (Å²) in [7, 11) is -3.70. The third-order valence-corrected chi connectivity index (χ3v) is 5.81. The number of rotatable bonds is 1. The highest BCUT2D eigenvalue weighted by atomic mass is 32.3. The molecule has 1 spiro atoms. The molecule has 2 aliphatic rings. The van der Waals surface area contributed by atoms with Crippen molar-refractivity contribution in [1.29, 1.82) is 0 Å². The van der Waals surface area contributed by atoms with Crippen molar-refractivity contribution < 1.29 is 22.8 Å². The fourth-order valence-corrected chi connectivity index (χ4v) is 4.28. The Hall–Kier alpha value is -2.30. The van der Waals surface area contributed by atoms with Gasteiger partial charge in [0.05, 0.1) is 19.3 Å². The fraction of sp³-hybridized carbons (Fsp3) is 0.400. The van der Waals surface area contributed by atoms with E-state index in [0.29, 0.717) is 18.7 Å². The van der Waals surface area contributed by atoms with Gasteiger partial charge in [0.2, 0.25) is 4.90 Å². The van der Waals surface area contributed by atoms with Gasteiger partial charge < -0.3 is 18.7 Å². The zero-order valence-electron chi connectivity index (χ0n) is 13.4. The molecule has 132 valence electrons. The lowest BCUT2D eigenvalue weighted by molar-refractivity contribution is 0.0627. The molecule has 1 N–H and O–H groups in total. The SMILES string of the molecule is Cc1cc(C(=O)N2CCC3(CN[S+](=O)([O-])c4cnccc4O3)C2)no1. The van der Waals surface area contributed by atoms with Gasteiger partial charge in [-0.3, -0.25) is 9.78 Å². The van der Waals surface area contributed by atoms with Crippen molar-refractivity contribution in [2.45, 2.75) is 23.8 Å². The Morgan fingerprint density at radius 1 is 1.52 bits per heavy atom. The van der Waals surface area contributed by atoms with E-state index in [0.717, 1.165) is 0 Å². The first-order chi connectivity index (χ1) is 11.9. The van der Waals surface area contributed by atoms with Gasteiger partial charge in [0.1, 0.15) is 11.4 Å². The van der Waals surface area contributed by atoms with Crippen LogP contribution in [0.4, 0.5) is 0 Å². The summed E-state index contributed by atoms with van der Waals surface area (Å²) in [6, 6.07) is 3.10. The molecule has 0 saturated carbocycles. The summed E-state index contributed by atoms with van der Waals surface area (Å²) in [6.07, 6.45) is 3.23. The van der Waals surface area contributed by atoms with Gasteiger partial charge in [-0.1, -0.05) is 9.37 Å². The largest absolute Gasteiger partial charge is 0.593 e. The first kappa shape index (κ1) is 16.2. The zero-order chi connectivity index (χ0) is 17.7. The van der Waals surface area contributed by atoms with Gasteiger partial charge in [0.25, 0.3) is 5.91 Å². The molecule has 1 fully saturated rings. The van der Waals surface area contributed by atoms with Crippen LogP contribution in [0.15, 0.2) is 33.9 Å². The number of aromatic nitrogens is 2. The van der Waals surface area contributed by atoms with Gasteiger partial charge in [-0.15, -0.1) is 4.72 Å². The van der Waals surface area contributed by atoms with Crippen LogP contribution in [-0.4, -0.2) is 50.7 Å². The lowest BCUT2D eigenvalue weighted by atomic mass is 10.0. The maximum absolute atomic E-state index is 12.5. The summed E-state index contributed by atoms with van der Waals surface area (Å²) in [4.78, 5) is 18.0. The lowest BCUT2D eigenvalue weighted by Crippen LogP contribution is -2.49. The summed E-state index contributed by atoms with van der Waals surface area (Å²) in [5.74, 6) is 0.531. The fourth-order valence-electron chi connectivity index (χ4n) is 3.10. The molecule has 1 amide bonds. The van der Waals surface area contributed by atoms with Crippen LogP contribution >= 0.6 is 0 Å². The second-order valence-corrected chi connectivity index (χ2v) is 7.97. The second kappa shape index (κ2) is 5.61. The summed E-state index contributed by atoms with van der Waals surface area (Å²) < 4.78 is 38.2. The van der Waals surface area contributed by atoms with Crippen molar-refractivity contribution in [1.82, 2.24) is 19.8 Å². The molecule has 0 aromatic carbocycles. The highest BCUT2D eigenvalue weighted by molar-refractivity contribution is 7.95. The smallest absolute Gasteiger partial charge is 0.276 e. The average molecular weight is 364 g/mol. The number of nitrogens with zero attached hydrogens (tertiary/aromatic N) is 3. The standard InChI is InChI=1S/C15H16N4O5S/c1-10-6-11(18-24-10)14(20)19-5-3-15(9-19)8-17-25(21,22)13-7-16-4-2-12(13)23-15/h2,4,6-7H,3,5,8-9H2,1H3,(H-,17,21,22). The number of likely N-dealkylation sites (tertiary alicyclic amines) is 1. The lowest BCUT2D eigenvalue weighted by Gasteiger charge is -2.27. The molecule has 2 aromatic heterocycles. The Kier molecular flexibility index (Phi) is 3.63. The van der Waals surface area contributed by atoms with Gasteiger partial charge in [-0.05, 0) is 6.92 Å². The molecule has 4 rings (SSSR count). The topological polar surface area (TPSA) is 121 Å². The van der Waals surface area contributed by atoms with E-state index in [1.807, 2.05) is 0 Å². The van der Waals surface area contributed by atoms with E-state index in [4.69, 9.17) is 9.26 Å². The number of ether oxygens (including phenoxy) is 1. The summed E-state index contributed by atoms with van der Waals surface area (Å²) >= 11 is 0. The highest BCUT2D eigenvalue weighted by Gasteiger charge is 2.47. The second-order valence-electron chi connectivity index (χ2n) is 6.23. The molecular weight excluding hydrogens is 348 g/mol. The maximum Gasteiger partial charge on any atom is 0.276 e. The van der Waals surface area contributed by atoms with Crippen LogP contribution in [0.5, 0.6) is 5.75 Å². The van der Waals surface area contributed by atoms with Crippen LogP contribution in [0.25, 0.3) is 0 Å². The minimum Gasteiger partial charge on any atom is -0.593 e. The third kappa shape index (κ3) is 2.81. The molecule has 0 radical (unpaired) electrons. The van der Waals surface area contributed by atoms with Crippen LogP contribution in [0.1, 0.15) is 22.7 Å². The minimum absolute atomic E-state index is 0.00350. The van der Waals surface area contributed by atoms with Crippen molar-refractivity contribution in [3.05, 3.63) is 36.0 Å². The normalized spacial score (nSPS) is 28.5.